The van der Waals surface area contributed by atoms with E-state index in [0.29, 0.717) is 13.1 Å². The Labute approximate surface area is 204 Å². The second-order valence-electron chi connectivity index (χ2n) is 9.77. The van der Waals surface area contributed by atoms with Crippen molar-refractivity contribution in [2.45, 2.75) is 76.7 Å². The first kappa shape index (κ1) is 24.3. The average molecular weight is 459 g/mol. The Balaban J connectivity index is 1.19. The zero-order valence-corrected chi connectivity index (χ0v) is 20.5. The summed E-state index contributed by atoms with van der Waals surface area (Å²) in [6.07, 6.45) is 15.2. The molecule has 4 heteroatoms. The quantitative estimate of drug-likeness (QED) is 0.291. The summed E-state index contributed by atoms with van der Waals surface area (Å²) in [6, 6.07) is 18.9. The number of benzene rings is 2. The molecule has 1 fully saturated rings. The molecule has 1 amide bonds. The summed E-state index contributed by atoms with van der Waals surface area (Å²) in [6.45, 7) is 3.67. The van der Waals surface area contributed by atoms with Crippen LogP contribution in [0, 0.1) is 0 Å². The predicted octanol–water partition coefficient (Wildman–Crippen LogP) is 6.79. The van der Waals surface area contributed by atoms with Gasteiger partial charge in [-0.25, -0.2) is 0 Å². The van der Waals surface area contributed by atoms with Crippen molar-refractivity contribution in [2.75, 3.05) is 13.1 Å². The lowest BCUT2D eigenvalue weighted by atomic mass is 9.85. The highest BCUT2D eigenvalue weighted by atomic mass is 16.7. The van der Waals surface area contributed by atoms with Crippen LogP contribution in [-0.4, -0.2) is 35.2 Å². The second kappa shape index (κ2) is 12.0. The molecule has 0 aromatic heterocycles. The van der Waals surface area contributed by atoms with Gasteiger partial charge in [-0.1, -0.05) is 98.8 Å². The zero-order valence-electron chi connectivity index (χ0n) is 20.5. The summed E-state index contributed by atoms with van der Waals surface area (Å²) in [7, 11) is 0. The van der Waals surface area contributed by atoms with Crippen molar-refractivity contribution in [1.82, 2.24) is 4.90 Å². The number of aryl methyl sites for hydroxylation is 1. The maximum Gasteiger partial charge on any atom is 0.246 e. The van der Waals surface area contributed by atoms with Gasteiger partial charge in [0.1, 0.15) is 5.60 Å². The normalized spacial score (nSPS) is 17.2. The van der Waals surface area contributed by atoms with E-state index >= 15 is 0 Å². The Morgan fingerprint density at radius 1 is 0.971 bits per heavy atom. The molecule has 4 rings (SSSR count). The van der Waals surface area contributed by atoms with Crippen molar-refractivity contribution >= 4 is 17.7 Å². The Bertz CT molecular complexity index is 971. The van der Waals surface area contributed by atoms with E-state index in [2.05, 4.69) is 48.5 Å². The molecule has 0 aliphatic carbocycles. The molecule has 0 N–H and O–H groups in total. The Hall–Kier alpha value is -2.88. The van der Waals surface area contributed by atoms with Gasteiger partial charge < -0.3 is 9.74 Å². The van der Waals surface area contributed by atoms with Gasteiger partial charge in [0, 0.05) is 38.4 Å². The van der Waals surface area contributed by atoms with E-state index in [1.807, 2.05) is 29.2 Å². The van der Waals surface area contributed by atoms with E-state index in [9.17, 15) is 4.79 Å². The molecule has 2 aliphatic heterocycles. The van der Waals surface area contributed by atoms with Gasteiger partial charge >= 0.3 is 0 Å². The van der Waals surface area contributed by atoms with Gasteiger partial charge in [-0.15, -0.1) is 0 Å². The average Bonchev–Trinajstić information content (AvgIpc) is 3.30. The molecule has 0 bridgehead atoms. The largest absolute Gasteiger partial charge is 0.388 e. The van der Waals surface area contributed by atoms with Crippen molar-refractivity contribution in [3.8, 4) is 0 Å². The van der Waals surface area contributed by atoms with Gasteiger partial charge in [-0.05, 0) is 35.6 Å². The highest BCUT2D eigenvalue weighted by Gasteiger charge is 2.42. The lowest BCUT2D eigenvalue weighted by Crippen LogP contribution is -2.46. The number of hydrogen-bond acceptors (Lipinski definition) is 3. The van der Waals surface area contributed by atoms with E-state index in [4.69, 9.17) is 4.84 Å². The maximum absolute atomic E-state index is 12.7. The van der Waals surface area contributed by atoms with Gasteiger partial charge in [0.15, 0.2) is 0 Å². The van der Waals surface area contributed by atoms with Crippen LogP contribution in [-0.2, 0) is 16.1 Å². The Morgan fingerprint density at radius 2 is 1.68 bits per heavy atom. The molecule has 0 atom stereocenters. The third-order valence-electron chi connectivity index (χ3n) is 7.15. The highest BCUT2D eigenvalue weighted by Crippen LogP contribution is 2.36. The third kappa shape index (κ3) is 6.59. The Kier molecular flexibility index (Phi) is 8.56. The van der Waals surface area contributed by atoms with Crippen molar-refractivity contribution < 1.29 is 9.63 Å². The third-order valence-corrected chi connectivity index (χ3v) is 7.15. The van der Waals surface area contributed by atoms with Crippen LogP contribution in [0.2, 0.25) is 0 Å². The number of carbonyl (C=O) groups excluding carboxylic acids is 1. The van der Waals surface area contributed by atoms with Crippen LogP contribution in [0.25, 0.3) is 6.08 Å². The van der Waals surface area contributed by atoms with Crippen molar-refractivity contribution in [1.29, 1.82) is 0 Å². The smallest absolute Gasteiger partial charge is 0.246 e. The zero-order chi connectivity index (χ0) is 23.6. The van der Waals surface area contributed by atoms with Crippen LogP contribution in [0.3, 0.4) is 0 Å². The maximum atomic E-state index is 12.7. The molecular formula is C30H38N2O2. The summed E-state index contributed by atoms with van der Waals surface area (Å²) in [4.78, 5) is 20.6. The van der Waals surface area contributed by atoms with Crippen LogP contribution in [0.1, 0.15) is 81.4 Å². The van der Waals surface area contributed by atoms with Crippen LogP contribution < -0.4 is 0 Å². The number of oxime groups is 1. The number of rotatable bonds is 10. The standard InChI is InChI=1S/C30H38N2O2/c1-2-3-4-5-6-8-11-25-14-16-26(17-15-25)18-19-29(33)32-22-20-30(21-23-32)24-28(31-34-30)27-12-9-7-10-13-27/h7,9-10,12-19H,2-6,8,11,20-24H2,1H3. The predicted molar refractivity (Wildman–Crippen MR) is 140 cm³/mol. The van der Waals surface area contributed by atoms with Crippen LogP contribution >= 0.6 is 0 Å². The first-order valence-corrected chi connectivity index (χ1v) is 13.0. The molecule has 2 aromatic carbocycles. The molecular weight excluding hydrogens is 420 g/mol. The van der Waals surface area contributed by atoms with Gasteiger partial charge in [0.05, 0.1) is 5.71 Å². The van der Waals surface area contributed by atoms with Gasteiger partial charge in [0.25, 0.3) is 0 Å². The lowest BCUT2D eigenvalue weighted by Gasteiger charge is -2.36. The van der Waals surface area contributed by atoms with E-state index in [1.54, 1.807) is 6.08 Å². The lowest BCUT2D eigenvalue weighted by molar-refractivity contribution is -0.131. The number of amides is 1. The summed E-state index contributed by atoms with van der Waals surface area (Å²) in [5.41, 5.74) is 4.35. The van der Waals surface area contributed by atoms with E-state index in [-0.39, 0.29) is 11.5 Å². The molecule has 4 nitrogen and oxygen atoms in total. The SMILES string of the molecule is CCCCCCCCc1ccc(C=CC(=O)N2CCC3(CC2)CC(c2ccccc2)=NO3)cc1. The summed E-state index contributed by atoms with van der Waals surface area (Å²) in [5.74, 6) is 0.0770. The molecule has 1 spiro atoms. The fraction of sp³-hybridized carbons (Fsp3) is 0.467. The van der Waals surface area contributed by atoms with Crippen molar-refractivity contribution in [2.24, 2.45) is 5.16 Å². The summed E-state index contributed by atoms with van der Waals surface area (Å²) < 4.78 is 0. The number of nitrogens with zero attached hydrogens (tertiary/aromatic N) is 2. The topological polar surface area (TPSA) is 41.9 Å². The summed E-state index contributed by atoms with van der Waals surface area (Å²) >= 11 is 0. The van der Waals surface area contributed by atoms with Gasteiger partial charge in [-0.3, -0.25) is 4.79 Å². The fourth-order valence-electron chi connectivity index (χ4n) is 4.89. The minimum Gasteiger partial charge on any atom is -0.388 e. The molecule has 34 heavy (non-hydrogen) atoms. The van der Waals surface area contributed by atoms with Crippen molar-refractivity contribution in [3.63, 3.8) is 0 Å². The molecule has 0 saturated carbocycles. The molecule has 0 radical (unpaired) electrons. The second-order valence-corrected chi connectivity index (χ2v) is 9.77. The number of unbranched alkanes of at least 4 members (excludes halogenated alkanes) is 5. The van der Waals surface area contributed by atoms with E-state index < -0.39 is 0 Å². The number of carbonyl (C=O) groups is 1. The van der Waals surface area contributed by atoms with Gasteiger partial charge in [-0.2, -0.15) is 0 Å². The Morgan fingerprint density at radius 3 is 2.41 bits per heavy atom. The van der Waals surface area contributed by atoms with Gasteiger partial charge in [0.2, 0.25) is 5.91 Å². The minimum atomic E-state index is -0.252. The number of likely N-dealkylation sites (tertiary alicyclic amines) is 1. The fourth-order valence-corrected chi connectivity index (χ4v) is 4.89. The molecule has 2 aliphatic rings. The van der Waals surface area contributed by atoms with E-state index in [1.165, 1.54) is 44.1 Å². The first-order chi connectivity index (χ1) is 16.7. The van der Waals surface area contributed by atoms with E-state index in [0.717, 1.165) is 42.5 Å². The van der Waals surface area contributed by atoms with Crippen molar-refractivity contribution in [3.05, 3.63) is 77.4 Å². The molecule has 2 aromatic rings. The van der Waals surface area contributed by atoms with Crippen LogP contribution in [0.5, 0.6) is 0 Å². The first-order valence-electron chi connectivity index (χ1n) is 13.0. The summed E-state index contributed by atoms with van der Waals surface area (Å²) in [5, 5.41) is 4.37. The molecule has 180 valence electrons. The number of piperidine rings is 1. The van der Waals surface area contributed by atoms with Crippen LogP contribution in [0.4, 0.5) is 0 Å². The van der Waals surface area contributed by atoms with Crippen LogP contribution in [0.15, 0.2) is 65.8 Å². The molecule has 2 heterocycles. The minimum absolute atomic E-state index is 0.0770. The molecule has 1 saturated heterocycles. The molecule has 0 unspecified atom stereocenters. The highest BCUT2D eigenvalue weighted by molar-refractivity contribution is 6.01. The monoisotopic (exact) mass is 458 g/mol. The number of hydrogen-bond donors (Lipinski definition) is 0.